The number of aromatic nitrogens is 1. The highest BCUT2D eigenvalue weighted by molar-refractivity contribution is 7.89. The first-order valence-corrected chi connectivity index (χ1v) is 11.2. The highest BCUT2D eigenvalue weighted by Gasteiger charge is 2.34. The van der Waals surface area contributed by atoms with Gasteiger partial charge in [0, 0.05) is 24.8 Å². The minimum atomic E-state index is -4.82. The Hall–Kier alpha value is -3.32. The molecule has 4 rings (SSSR count). The zero-order valence-electron chi connectivity index (χ0n) is 16.9. The lowest BCUT2D eigenvalue weighted by Gasteiger charge is -2.31. The summed E-state index contributed by atoms with van der Waals surface area (Å²) in [7, 11) is -3.95. The fourth-order valence-corrected chi connectivity index (χ4v) is 5.13. The first-order chi connectivity index (χ1) is 15.5. The smallest absolute Gasteiger partial charge is 0.408 e. The van der Waals surface area contributed by atoms with Crippen LogP contribution in [0, 0.1) is 5.92 Å². The first kappa shape index (κ1) is 22.9. The summed E-state index contributed by atoms with van der Waals surface area (Å²) < 4.78 is 72.8. The van der Waals surface area contributed by atoms with Crippen molar-refractivity contribution in [2.75, 3.05) is 18.4 Å². The van der Waals surface area contributed by atoms with Gasteiger partial charge in [-0.3, -0.25) is 9.78 Å². The molecule has 176 valence electrons. The van der Waals surface area contributed by atoms with Crippen LogP contribution in [0.3, 0.4) is 0 Å². The van der Waals surface area contributed by atoms with Crippen molar-refractivity contribution in [3.8, 4) is 5.75 Å². The Morgan fingerprint density at radius 2 is 1.91 bits per heavy atom. The molecule has 0 radical (unpaired) electrons. The number of aromatic amines is 1. The van der Waals surface area contributed by atoms with Crippen molar-refractivity contribution in [1.82, 2.24) is 9.29 Å². The number of carbonyl (C=O) groups is 1. The van der Waals surface area contributed by atoms with E-state index in [1.807, 2.05) is 0 Å². The lowest BCUT2D eigenvalue weighted by Crippen LogP contribution is -2.43. The number of benzene rings is 2. The van der Waals surface area contributed by atoms with Gasteiger partial charge >= 0.3 is 12.1 Å². The molecular formula is C20H18F3N3O6S. The van der Waals surface area contributed by atoms with Crippen molar-refractivity contribution in [2.24, 2.45) is 5.92 Å². The molecule has 1 aromatic heterocycles. The predicted octanol–water partition coefficient (Wildman–Crippen LogP) is 3.06. The SMILES string of the molecule is O=C(Nc1ccc(OC(F)(F)F)cc1)[C@H]1CCCN(S(=O)(=O)c2ccc3[nH]c(=O)oc3c2)C1. The van der Waals surface area contributed by atoms with Crippen LogP contribution in [0.25, 0.3) is 11.1 Å². The van der Waals surface area contributed by atoms with Crippen molar-refractivity contribution < 1.29 is 35.5 Å². The van der Waals surface area contributed by atoms with Gasteiger partial charge in [0.1, 0.15) is 5.75 Å². The van der Waals surface area contributed by atoms with Crippen molar-refractivity contribution in [2.45, 2.75) is 24.1 Å². The second-order valence-corrected chi connectivity index (χ2v) is 9.37. The average molecular weight is 485 g/mol. The molecule has 1 aliphatic heterocycles. The first-order valence-electron chi connectivity index (χ1n) is 9.81. The second kappa shape index (κ2) is 8.56. The van der Waals surface area contributed by atoms with Gasteiger partial charge in [-0.1, -0.05) is 0 Å². The number of ether oxygens (including phenoxy) is 1. The molecule has 13 heteroatoms. The third-order valence-electron chi connectivity index (χ3n) is 5.14. The van der Waals surface area contributed by atoms with Crippen molar-refractivity contribution in [3.63, 3.8) is 0 Å². The normalized spacial score (nSPS) is 17.7. The molecule has 0 aliphatic carbocycles. The van der Waals surface area contributed by atoms with E-state index in [0.717, 1.165) is 12.1 Å². The molecule has 3 aromatic rings. The molecule has 0 unspecified atom stereocenters. The predicted molar refractivity (Wildman–Crippen MR) is 110 cm³/mol. The molecule has 2 heterocycles. The zero-order chi connectivity index (χ0) is 23.8. The highest BCUT2D eigenvalue weighted by Crippen LogP contribution is 2.27. The molecule has 33 heavy (non-hydrogen) atoms. The van der Waals surface area contributed by atoms with E-state index in [0.29, 0.717) is 18.4 Å². The lowest BCUT2D eigenvalue weighted by atomic mass is 9.99. The second-order valence-electron chi connectivity index (χ2n) is 7.44. The third-order valence-corrected chi connectivity index (χ3v) is 7.00. The Labute approximate surface area is 185 Å². The minimum absolute atomic E-state index is 0.0703. The monoisotopic (exact) mass is 485 g/mol. The van der Waals surface area contributed by atoms with E-state index in [4.69, 9.17) is 4.42 Å². The van der Waals surface area contributed by atoms with Crippen molar-refractivity contribution in [3.05, 3.63) is 53.0 Å². The van der Waals surface area contributed by atoms with E-state index in [1.54, 1.807) is 0 Å². The summed E-state index contributed by atoms with van der Waals surface area (Å²) in [5.74, 6) is -2.24. The van der Waals surface area contributed by atoms with E-state index in [9.17, 15) is 31.2 Å². The fraction of sp³-hybridized carbons (Fsp3) is 0.300. The Kier molecular flexibility index (Phi) is 5.93. The number of H-pyrrole nitrogens is 1. The topological polar surface area (TPSA) is 122 Å². The van der Waals surface area contributed by atoms with Gasteiger partial charge in [-0.15, -0.1) is 13.2 Å². The number of anilines is 1. The van der Waals surface area contributed by atoms with Crippen LogP contribution in [-0.2, 0) is 14.8 Å². The maximum atomic E-state index is 13.1. The van der Waals surface area contributed by atoms with Gasteiger partial charge < -0.3 is 14.5 Å². The molecular weight excluding hydrogens is 467 g/mol. The van der Waals surface area contributed by atoms with Gasteiger partial charge in [-0.05, 0) is 49.2 Å². The van der Waals surface area contributed by atoms with Crippen molar-refractivity contribution in [1.29, 1.82) is 0 Å². The maximum absolute atomic E-state index is 13.1. The van der Waals surface area contributed by atoms with Crippen LogP contribution < -0.4 is 15.8 Å². The van der Waals surface area contributed by atoms with E-state index in [-0.39, 0.29) is 29.3 Å². The summed E-state index contributed by atoms with van der Waals surface area (Å²) >= 11 is 0. The number of hydrogen-bond donors (Lipinski definition) is 2. The molecule has 9 nitrogen and oxygen atoms in total. The number of rotatable bonds is 5. The lowest BCUT2D eigenvalue weighted by molar-refractivity contribution is -0.274. The van der Waals surface area contributed by atoms with Crippen LogP contribution in [0.5, 0.6) is 5.75 Å². The quantitative estimate of drug-likeness (QED) is 0.573. The molecule has 0 saturated carbocycles. The molecule has 1 fully saturated rings. The van der Waals surface area contributed by atoms with Gasteiger partial charge in [0.05, 0.1) is 16.3 Å². The molecule has 2 aromatic carbocycles. The number of halogens is 3. The van der Waals surface area contributed by atoms with Gasteiger partial charge in [0.15, 0.2) is 5.58 Å². The van der Waals surface area contributed by atoms with Crippen LogP contribution in [0.2, 0.25) is 0 Å². The van der Waals surface area contributed by atoms with Crippen LogP contribution in [-0.4, -0.2) is 43.1 Å². The molecule has 0 spiro atoms. The molecule has 1 atom stereocenters. The van der Waals surface area contributed by atoms with E-state index >= 15 is 0 Å². The fourth-order valence-electron chi connectivity index (χ4n) is 3.59. The summed E-state index contributed by atoms with van der Waals surface area (Å²) in [6, 6.07) is 8.67. The van der Waals surface area contributed by atoms with Crippen LogP contribution in [0.1, 0.15) is 12.8 Å². The Morgan fingerprint density at radius 1 is 1.18 bits per heavy atom. The Bertz CT molecular complexity index is 1330. The Morgan fingerprint density at radius 3 is 2.61 bits per heavy atom. The molecule has 1 amide bonds. The standard InChI is InChI=1S/C20H18F3N3O6S/c21-20(22,23)32-14-5-3-13(4-6-14)24-18(27)12-2-1-9-26(11-12)33(29,30)15-7-8-16-17(10-15)31-19(28)25-16/h3-8,10,12H,1-2,9,11H2,(H,24,27)(H,25,28)/t12-/m0/s1. The van der Waals surface area contributed by atoms with Gasteiger partial charge in [-0.25, -0.2) is 13.2 Å². The summed E-state index contributed by atoms with van der Waals surface area (Å²) in [6.07, 6.45) is -3.94. The highest BCUT2D eigenvalue weighted by atomic mass is 32.2. The number of alkyl halides is 3. The van der Waals surface area contributed by atoms with Crippen LogP contribution >= 0.6 is 0 Å². The number of fused-ring (bicyclic) bond motifs is 1. The minimum Gasteiger partial charge on any atom is -0.408 e. The number of amides is 1. The molecule has 1 aliphatic rings. The van der Waals surface area contributed by atoms with Gasteiger partial charge in [-0.2, -0.15) is 4.31 Å². The summed E-state index contributed by atoms with van der Waals surface area (Å²) in [5.41, 5.74) is 0.717. The van der Waals surface area contributed by atoms with Crippen LogP contribution in [0.4, 0.5) is 18.9 Å². The Balaban J connectivity index is 1.44. The average Bonchev–Trinajstić information content (AvgIpc) is 3.13. The number of piperidine rings is 1. The molecule has 0 bridgehead atoms. The summed E-state index contributed by atoms with van der Waals surface area (Å²) in [5, 5.41) is 2.59. The largest absolute Gasteiger partial charge is 0.573 e. The van der Waals surface area contributed by atoms with Gasteiger partial charge in [0.25, 0.3) is 0 Å². The summed E-state index contributed by atoms with van der Waals surface area (Å²) in [6.45, 7) is 0.142. The van der Waals surface area contributed by atoms with Gasteiger partial charge in [0.2, 0.25) is 15.9 Å². The van der Waals surface area contributed by atoms with Crippen LogP contribution in [0.15, 0.2) is 56.6 Å². The van der Waals surface area contributed by atoms with Crippen molar-refractivity contribution >= 4 is 32.7 Å². The molecule has 1 saturated heterocycles. The number of carbonyl (C=O) groups excluding carboxylic acids is 1. The summed E-state index contributed by atoms with van der Waals surface area (Å²) in [4.78, 5) is 26.3. The number of sulfonamides is 1. The van der Waals surface area contributed by atoms with E-state index < -0.39 is 39.7 Å². The number of nitrogens with one attached hydrogen (secondary N) is 2. The number of hydrogen-bond acceptors (Lipinski definition) is 6. The number of nitrogens with zero attached hydrogens (tertiary/aromatic N) is 1. The molecule has 2 N–H and O–H groups in total. The number of oxazole rings is 1. The van der Waals surface area contributed by atoms with E-state index in [2.05, 4.69) is 15.0 Å². The zero-order valence-corrected chi connectivity index (χ0v) is 17.7. The third kappa shape index (κ3) is 5.20. The van der Waals surface area contributed by atoms with E-state index in [1.165, 1.54) is 34.6 Å². The maximum Gasteiger partial charge on any atom is 0.573 e.